The summed E-state index contributed by atoms with van der Waals surface area (Å²) in [6.45, 7) is 0.205. The zero-order chi connectivity index (χ0) is 14.5. The topological polar surface area (TPSA) is 64.1 Å². The first-order valence-electron chi connectivity index (χ1n) is 5.68. The lowest BCUT2D eigenvalue weighted by Crippen LogP contribution is -2.09. The molecule has 0 aliphatic rings. The number of hydrogen-bond donors (Lipinski definition) is 1. The van der Waals surface area contributed by atoms with E-state index < -0.39 is 23.2 Å². The van der Waals surface area contributed by atoms with E-state index in [1.54, 1.807) is 12.3 Å². The zero-order valence-corrected chi connectivity index (χ0v) is 10.6. The molecule has 0 saturated carbocycles. The van der Waals surface area contributed by atoms with Gasteiger partial charge in [0.25, 0.3) is 0 Å². The van der Waals surface area contributed by atoms with Crippen molar-refractivity contribution in [3.8, 4) is 0 Å². The number of aromatic nitrogens is 2. The SMILES string of the molecule is COC(=O)c1ccc(NCc2ccncn2)c(F)c1F. The Bertz CT molecular complexity index is 621. The number of carbonyl (C=O) groups is 1. The lowest BCUT2D eigenvalue weighted by molar-refractivity contribution is 0.0594. The number of methoxy groups -OCH3 is 1. The van der Waals surface area contributed by atoms with Crippen molar-refractivity contribution >= 4 is 11.7 Å². The highest BCUT2D eigenvalue weighted by atomic mass is 19.2. The van der Waals surface area contributed by atoms with E-state index in [2.05, 4.69) is 20.0 Å². The summed E-state index contributed by atoms with van der Waals surface area (Å²) in [5.41, 5.74) is 0.114. The summed E-state index contributed by atoms with van der Waals surface area (Å²) < 4.78 is 31.8. The standard InChI is InChI=1S/C13H11F2N3O2/c1-20-13(19)9-2-3-10(12(15)11(9)14)17-6-8-4-5-16-7-18-8/h2-5,7,17H,6H2,1H3. The number of ether oxygens (including phenoxy) is 1. The molecule has 0 spiro atoms. The van der Waals surface area contributed by atoms with Crippen LogP contribution in [0.1, 0.15) is 16.1 Å². The second-order valence-electron chi connectivity index (χ2n) is 3.83. The Morgan fingerprint density at radius 1 is 1.30 bits per heavy atom. The number of benzene rings is 1. The smallest absolute Gasteiger partial charge is 0.340 e. The minimum Gasteiger partial charge on any atom is -0.465 e. The maximum atomic E-state index is 13.8. The number of anilines is 1. The molecule has 2 aromatic rings. The fraction of sp³-hybridized carbons (Fsp3) is 0.154. The monoisotopic (exact) mass is 279 g/mol. The molecule has 0 atom stereocenters. The molecule has 0 bridgehead atoms. The van der Waals surface area contributed by atoms with E-state index in [1.807, 2.05) is 0 Å². The summed E-state index contributed by atoms with van der Waals surface area (Å²) in [5.74, 6) is -3.31. The van der Waals surface area contributed by atoms with Gasteiger partial charge in [-0.25, -0.2) is 23.5 Å². The second-order valence-corrected chi connectivity index (χ2v) is 3.83. The van der Waals surface area contributed by atoms with Gasteiger partial charge in [-0.2, -0.15) is 0 Å². The molecule has 0 amide bonds. The van der Waals surface area contributed by atoms with Crippen LogP contribution in [0.2, 0.25) is 0 Å². The first kappa shape index (κ1) is 13.9. The summed E-state index contributed by atoms with van der Waals surface area (Å²) in [6, 6.07) is 4.07. The Balaban J connectivity index is 2.18. The summed E-state index contributed by atoms with van der Waals surface area (Å²) in [7, 11) is 1.10. The number of rotatable bonds is 4. The van der Waals surface area contributed by atoms with Gasteiger partial charge in [0, 0.05) is 6.20 Å². The van der Waals surface area contributed by atoms with Crippen LogP contribution in [0.25, 0.3) is 0 Å². The number of hydrogen-bond acceptors (Lipinski definition) is 5. The Hall–Kier alpha value is -2.57. The highest BCUT2D eigenvalue weighted by Crippen LogP contribution is 2.21. The Morgan fingerprint density at radius 2 is 2.10 bits per heavy atom. The lowest BCUT2D eigenvalue weighted by Gasteiger charge is -2.09. The first-order valence-corrected chi connectivity index (χ1v) is 5.68. The molecule has 20 heavy (non-hydrogen) atoms. The molecule has 1 heterocycles. The van der Waals surface area contributed by atoms with E-state index in [9.17, 15) is 13.6 Å². The molecule has 0 aliphatic carbocycles. The van der Waals surface area contributed by atoms with Gasteiger partial charge in [-0.05, 0) is 18.2 Å². The van der Waals surface area contributed by atoms with E-state index in [0.717, 1.165) is 13.2 Å². The average molecular weight is 279 g/mol. The second kappa shape index (κ2) is 6.05. The summed E-state index contributed by atoms with van der Waals surface area (Å²) in [4.78, 5) is 18.9. The number of halogens is 2. The molecule has 0 radical (unpaired) electrons. The number of nitrogens with one attached hydrogen (secondary N) is 1. The van der Waals surface area contributed by atoms with Crippen molar-refractivity contribution in [1.82, 2.24) is 9.97 Å². The van der Waals surface area contributed by atoms with Gasteiger partial charge in [0.2, 0.25) is 0 Å². The number of nitrogens with zero attached hydrogens (tertiary/aromatic N) is 2. The molecule has 1 aromatic heterocycles. The predicted octanol–water partition coefficient (Wildman–Crippen LogP) is 2.15. The van der Waals surface area contributed by atoms with Crippen LogP contribution in [0.4, 0.5) is 14.5 Å². The van der Waals surface area contributed by atoms with Crippen molar-refractivity contribution < 1.29 is 18.3 Å². The third kappa shape index (κ3) is 2.87. The molecule has 0 aliphatic heterocycles. The summed E-state index contributed by atoms with van der Waals surface area (Å²) in [5, 5.41) is 2.70. The van der Waals surface area contributed by atoms with Gasteiger partial charge in [0.05, 0.1) is 30.6 Å². The van der Waals surface area contributed by atoms with Gasteiger partial charge in [-0.3, -0.25) is 0 Å². The van der Waals surface area contributed by atoms with E-state index in [0.29, 0.717) is 5.69 Å². The number of carbonyl (C=O) groups excluding carboxylic acids is 1. The van der Waals surface area contributed by atoms with Gasteiger partial charge in [-0.15, -0.1) is 0 Å². The van der Waals surface area contributed by atoms with Crippen molar-refractivity contribution in [3.63, 3.8) is 0 Å². The largest absolute Gasteiger partial charge is 0.465 e. The third-order valence-corrected chi connectivity index (χ3v) is 2.59. The molecule has 104 valence electrons. The van der Waals surface area contributed by atoms with Gasteiger partial charge in [-0.1, -0.05) is 0 Å². The van der Waals surface area contributed by atoms with Crippen LogP contribution in [-0.4, -0.2) is 23.0 Å². The van der Waals surface area contributed by atoms with Crippen LogP contribution in [0.3, 0.4) is 0 Å². The molecule has 2 rings (SSSR count). The fourth-order valence-electron chi connectivity index (χ4n) is 1.56. The molecular formula is C13H11F2N3O2. The van der Waals surface area contributed by atoms with Crippen molar-refractivity contribution in [2.24, 2.45) is 0 Å². The number of esters is 1. The van der Waals surface area contributed by atoms with E-state index >= 15 is 0 Å². The maximum Gasteiger partial charge on any atom is 0.340 e. The van der Waals surface area contributed by atoms with Gasteiger partial charge < -0.3 is 10.1 Å². The Labute approximate surface area is 113 Å². The van der Waals surface area contributed by atoms with Gasteiger partial charge in [0.1, 0.15) is 6.33 Å². The quantitative estimate of drug-likeness (QED) is 0.869. The third-order valence-electron chi connectivity index (χ3n) is 2.59. The normalized spacial score (nSPS) is 10.2. The molecule has 0 unspecified atom stereocenters. The first-order chi connectivity index (χ1) is 9.63. The molecule has 0 fully saturated rings. The van der Waals surface area contributed by atoms with Crippen LogP contribution in [0.5, 0.6) is 0 Å². The fourth-order valence-corrected chi connectivity index (χ4v) is 1.56. The highest BCUT2D eigenvalue weighted by molar-refractivity contribution is 5.90. The maximum absolute atomic E-state index is 13.8. The van der Waals surface area contributed by atoms with Gasteiger partial charge >= 0.3 is 5.97 Å². The lowest BCUT2D eigenvalue weighted by atomic mass is 10.1. The van der Waals surface area contributed by atoms with Crippen molar-refractivity contribution in [1.29, 1.82) is 0 Å². The van der Waals surface area contributed by atoms with Crippen LogP contribution in [0, 0.1) is 11.6 Å². The van der Waals surface area contributed by atoms with Crippen LogP contribution < -0.4 is 5.32 Å². The van der Waals surface area contributed by atoms with E-state index in [1.165, 1.54) is 12.4 Å². The summed E-state index contributed by atoms with van der Waals surface area (Å²) in [6.07, 6.45) is 2.90. The van der Waals surface area contributed by atoms with Crippen molar-refractivity contribution in [2.45, 2.75) is 6.54 Å². The molecular weight excluding hydrogens is 268 g/mol. The van der Waals surface area contributed by atoms with E-state index in [-0.39, 0.29) is 12.2 Å². The molecule has 1 N–H and O–H groups in total. The molecule has 5 nitrogen and oxygen atoms in total. The molecule has 0 saturated heterocycles. The average Bonchev–Trinajstić information content (AvgIpc) is 2.49. The Kier molecular flexibility index (Phi) is 4.19. The van der Waals surface area contributed by atoms with Crippen molar-refractivity contribution in [2.75, 3.05) is 12.4 Å². The minimum absolute atomic E-state index is 0.0613. The van der Waals surface area contributed by atoms with Crippen molar-refractivity contribution in [3.05, 3.63) is 53.6 Å². The minimum atomic E-state index is -1.25. The van der Waals surface area contributed by atoms with Crippen LogP contribution in [-0.2, 0) is 11.3 Å². The highest BCUT2D eigenvalue weighted by Gasteiger charge is 2.18. The van der Waals surface area contributed by atoms with Crippen LogP contribution in [0.15, 0.2) is 30.7 Å². The Morgan fingerprint density at radius 3 is 2.75 bits per heavy atom. The molecule has 7 heteroatoms. The van der Waals surface area contributed by atoms with Crippen LogP contribution >= 0.6 is 0 Å². The van der Waals surface area contributed by atoms with Gasteiger partial charge in [0.15, 0.2) is 11.6 Å². The molecule has 1 aromatic carbocycles. The zero-order valence-electron chi connectivity index (χ0n) is 10.6. The van der Waals surface area contributed by atoms with E-state index in [4.69, 9.17) is 0 Å². The summed E-state index contributed by atoms with van der Waals surface area (Å²) >= 11 is 0. The predicted molar refractivity (Wildman–Crippen MR) is 67.1 cm³/mol.